The Morgan fingerprint density at radius 3 is 2.74 bits per heavy atom. The highest BCUT2D eigenvalue weighted by Crippen LogP contribution is 2.23. The smallest absolute Gasteiger partial charge is 0.251 e. The maximum Gasteiger partial charge on any atom is 0.251 e. The van der Waals surface area contributed by atoms with Crippen molar-refractivity contribution in [3.8, 4) is 0 Å². The van der Waals surface area contributed by atoms with Crippen LogP contribution in [0.4, 0.5) is 0 Å². The van der Waals surface area contributed by atoms with E-state index in [1.54, 1.807) is 19.1 Å². The number of carbonyl (C=O) groups excluding carboxylic acids is 2. The third-order valence-electron chi connectivity index (χ3n) is 4.43. The van der Waals surface area contributed by atoms with Crippen molar-refractivity contribution < 1.29 is 14.7 Å². The van der Waals surface area contributed by atoms with Crippen molar-refractivity contribution in [1.29, 1.82) is 0 Å². The van der Waals surface area contributed by atoms with Crippen LogP contribution in [0.1, 0.15) is 48.5 Å². The Labute approximate surface area is 137 Å². The number of amides is 2. The fraction of sp³-hybridized carbons (Fsp3) is 0.556. The molecule has 0 aliphatic heterocycles. The Hall–Kier alpha value is -1.88. The first-order valence-corrected chi connectivity index (χ1v) is 8.30. The van der Waals surface area contributed by atoms with Crippen molar-refractivity contribution in [3.05, 3.63) is 35.4 Å². The van der Waals surface area contributed by atoms with Gasteiger partial charge in [0.25, 0.3) is 5.91 Å². The Kier molecular flexibility index (Phi) is 6.16. The van der Waals surface area contributed by atoms with Crippen LogP contribution in [0, 0.1) is 12.8 Å². The second-order valence-electron chi connectivity index (χ2n) is 6.42. The highest BCUT2D eigenvalue weighted by Gasteiger charge is 2.24. The van der Waals surface area contributed by atoms with Crippen molar-refractivity contribution >= 4 is 11.8 Å². The Morgan fingerprint density at radius 2 is 2.04 bits per heavy atom. The fourth-order valence-electron chi connectivity index (χ4n) is 2.94. The van der Waals surface area contributed by atoms with Crippen LogP contribution >= 0.6 is 0 Å². The number of carbonyl (C=O) groups is 2. The van der Waals surface area contributed by atoms with Crippen LogP contribution in [0.25, 0.3) is 0 Å². The van der Waals surface area contributed by atoms with E-state index in [4.69, 9.17) is 0 Å². The van der Waals surface area contributed by atoms with E-state index in [0.717, 1.165) is 31.2 Å². The molecule has 1 aliphatic rings. The first-order chi connectivity index (χ1) is 11.0. The lowest BCUT2D eigenvalue weighted by Crippen LogP contribution is -2.47. The van der Waals surface area contributed by atoms with Gasteiger partial charge in [-0.05, 0) is 38.8 Å². The number of aliphatic hydroxyl groups excluding tert-OH is 1. The van der Waals surface area contributed by atoms with Crippen molar-refractivity contribution in [2.24, 2.45) is 5.92 Å². The van der Waals surface area contributed by atoms with E-state index in [1.807, 2.05) is 19.1 Å². The van der Waals surface area contributed by atoms with Crippen LogP contribution in [0.2, 0.25) is 0 Å². The minimum absolute atomic E-state index is 0.118. The van der Waals surface area contributed by atoms with Crippen molar-refractivity contribution in [1.82, 2.24) is 10.6 Å². The second-order valence-corrected chi connectivity index (χ2v) is 6.42. The first-order valence-electron chi connectivity index (χ1n) is 8.30. The van der Waals surface area contributed by atoms with Gasteiger partial charge in [-0.15, -0.1) is 0 Å². The molecular weight excluding hydrogens is 292 g/mol. The molecule has 5 nitrogen and oxygen atoms in total. The van der Waals surface area contributed by atoms with Gasteiger partial charge in [0, 0.05) is 18.0 Å². The predicted molar refractivity (Wildman–Crippen MR) is 89.1 cm³/mol. The van der Waals surface area contributed by atoms with Gasteiger partial charge in [-0.1, -0.05) is 30.5 Å². The second kappa shape index (κ2) is 8.11. The normalized spacial score (nSPS) is 22.2. The third-order valence-corrected chi connectivity index (χ3v) is 4.43. The summed E-state index contributed by atoms with van der Waals surface area (Å²) < 4.78 is 0. The summed E-state index contributed by atoms with van der Waals surface area (Å²) in [7, 11) is 0. The van der Waals surface area contributed by atoms with Crippen LogP contribution in [0.3, 0.4) is 0 Å². The van der Waals surface area contributed by atoms with Gasteiger partial charge in [-0.25, -0.2) is 0 Å². The molecule has 0 aromatic heterocycles. The lowest BCUT2D eigenvalue weighted by molar-refractivity contribution is -0.123. The number of aryl methyl sites for hydroxylation is 1. The van der Waals surface area contributed by atoms with E-state index < -0.39 is 6.04 Å². The molecule has 1 aromatic rings. The molecule has 0 radical (unpaired) electrons. The summed E-state index contributed by atoms with van der Waals surface area (Å²) in [6.07, 6.45) is 3.55. The number of aliphatic hydroxyl groups is 1. The lowest BCUT2D eigenvalue weighted by atomic mass is 9.86. The van der Waals surface area contributed by atoms with Gasteiger partial charge in [0.15, 0.2) is 0 Å². The molecule has 2 amide bonds. The molecule has 0 spiro atoms. The molecular formula is C18H26N2O3. The van der Waals surface area contributed by atoms with Gasteiger partial charge in [0.1, 0.15) is 6.04 Å². The van der Waals surface area contributed by atoms with Crippen LogP contribution in [-0.4, -0.2) is 35.6 Å². The van der Waals surface area contributed by atoms with E-state index in [1.165, 1.54) is 0 Å². The van der Waals surface area contributed by atoms with Crippen LogP contribution < -0.4 is 10.6 Å². The van der Waals surface area contributed by atoms with E-state index in [0.29, 0.717) is 12.1 Å². The SMILES string of the molecule is Cc1cccc(C(=O)N[C@H](C)C(=O)NC[C@@H]2CCCC[C@@H]2O)c1. The third kappa shape index (κ3) is 5.06. The van der Waals surface area contributed by atoms with Crippen LogP contribution in [0.5, 0.6) is 0 Å². The van der Waals surface area contributed by atoms with Gasteiger partial charge in [0.05, 0.1) is 6.10 Å². The largest absolute Gasteiger partial charge is 0.393 e. The maximum atomic E-state index is 12.1. The van der Waals surface area contributed by atoms with Gasteiger partial charge < -0.3 is 15.7 Å². The Bertz CT molecular complexity index is 559. The van der Waals surface area contributed by atoms with E-state index in [9.17, 15) is 14.7 Å². The molecule has 0 heterocycles. The summed E-state index contributed by atoms with van der Waals surface area (Å²) in [4.78, 5) is 24.3. The average molecular weight is 318 g/mol. The molecule has 1 aromatic carbocycles. The van der Waals surface area contributed by atoms with Gasteiger partial charge >= 0.3 is 0 Å². The highest BCUT2D eigenvalue weighted by molar-refractivity contribution is 5.97. The molecule has 0 bridgehead atoms. The van der Waals surface area contributed by atoms with Gasteiger partial charge in [0.2, 0.25) is 5.91 Å². The summed E-state index contributed by atoms with van der Waals surface area (Å²) >= 11 is 0. The molecule has 1 saturated carbocycles. The molecule has 3 N–H and O–H groups in total. The van der Waals surface area contributed by atoms with Crippen molar-refractivity contribution in [2.45, 2.75) is 51.7 Å². The van der Waals surface area contributed by atoms with Gasteiger partial charge in [-0.3, -0.25) is 9.59 Å². The molecule has 5 heteroatoms. The number of hydrogen-bond acceptors (Lipinski definition) is 3. The Balaban J connectivity index is 1.81. The number of nitrogens with one attached hydrogen (secondary N) is 2. The van der Waals surface area contributed by atoms with Crippen molar-refractivity contribution in [2.75, 3.05) is 6.54 Å². The topological polar surface area (TPSA) is 78.4 Å². The molecule has 0 saturated heterocycles. The highest BCUT2D eigenvalue weighted by atomic mass is 16.3. The molecule has 0 unspecified atom stereocenters. The minimum Gasteiger partial charge on any atom is -0.393 e. The van der Waals surface area contributed by atoms with E-state index in [2.05, 4.69) is 10.6 Å². The zero-order valence-corrected chi connectivity index (χ0v) is 13.8. The first kappa shape index (κ1) is 17.5. The molecule has 2 rings (SSSR count). The maximum absolute atomic E-state index is 12.1. The number of benzene rings is 1. The molecule has 3 atom stereocenters. The molecule has 23 heavy (non-hydrogen) atoms. The minimum atomic E-state index is -0.608. The predicted octanol–water partition coefficient (Wildman–Crippen LogP) is 1.78. The Morgan fingerprint density at radius 1 is 1.30 bits per heavy atom. The van der Waals surface area contributed by atoms with Crippen LogP contribution in [-0.2, 0) is 4.79 Å². The van der Waals surface area contributed by atoms with Gasteiger partial charge in [-0.2, -0.15) is 0 Å². The quantitative estimate of drug-likeness (QED) is 0.774. The number of rotatable bonds is 5. The number of hydrogen-bond donors (Lipinski definition) is 3. The lowest BCUT2D eigenvalue weighted by Gasteiger charge is -2.28. The summed E-state index contributed by atoms with van der Waals surface area (Å²) in [5, 5.41) is 15.5. The zero-order valence-electron chi connectivity index (χ0n) is 13.8. The zero-order chi connectivity index (χ0) is 16.8. The summed E-state index contributed by atoms with van der Waals surface area (Å²) in [6.45, 7) is 4.05. The molecule has 1 fully saturated rings. The van der Waals surface area contributed by atoms with Crippen LogP contribution in [0.15, 0.2) is 24.3 Å². The molecule has 126 valence electrons. The fourth-order valence-corrected chi connectivity index (χ4v) is 2.94. The van der Waals surface area contributed by atoms with Crippen molar-refractivity contribution in [3.63, 3.8) is 0 Å². The monoisotopic (exact) mass is 318 g/mol. The standard InChI is InChI=1S/C18H26N2O3/c1-12-6-5-8-14(10-12)18(23)20-13(2)17(22)19-11-15-7-3-4-9-16(15)21/h5-6,8,10,13,15-16,21H,3-4,7,9,11H2,1-2H3,(H,19,22)(H,20,23)/t13-,15+,16+/m1/s1. The summed E-state index contributed by atoms with van der Waals surface area (Å²) in [5.41, 5.74) is 1.55. The average Bonchev–Trinajstić information content (AvgIpc) is 2.53. The van der Waals surface area contributed by atoms with E-state index >= 15 is 0 Å². The summed E-state index contributed by atoms with van der Waals surface area (Å²) in [5.74, 6) is -0.356. The van der Waals surface area contributed by atoms with E-state index in [-0.39, 0.29) is 23.8 Å². The summed E-state index contributed by atoms with van der Waals surface area (Å²) in [6, 6.07) is 6.65. The molecule has 1 aliphatic carbocycles.